The number of ether oxygens (including phenoxy) is 1. The lowest BCUT2D eigenvalue weighted by molar-refractivity contribution is -0.198. The van der Waals surface area contributed by atoms with Crippen molar-refractivity contribution in [2.45, 2.75) is 25.6 Å². The number of carboxylic acids is 2. The molecule has 0 aromatic carbocycles. The van der Waals surface area contributed by atoms with Crippen LogP contribution in [0.4, 0.5) is 0 Å². The van der Waals surface area contributed by atoms with Gasteiger partial charge in [-0.2, -0.15) is 0 Å². The molecule has 16 heavy (non-hydrogen) atoms. The van der Waals surface area contributed by atoms with E-state index in [0.29, 0.717) is 6.92 Å². The second-order valence-electron chi connectivity index (χ2n) is 2.93. The van der Waals surface area contributed by atoms with Gasteiger partial charge in [0.15, 0.2) is 5.78 Å². The van der Waals surface area contributed by atoms with Gasteiger partial charge in [-0.15, -0.1) is 0 Å². The summed E-state index contributed by atoms with van der Waals surface area (Å²) >= 11 is 0. The van der Waals surface area contributed by atoms with Crippen LogP contribution in [0.1, 0.15) is 13.8 Å². The maximum Gasteiger partial charge on any atom is 0.359 e. The van der Waals surface area contributed by atoms with Crippen molar-refractivity contribution in [3.05, 3.63) is 0 Å². The van der Waals surface area contributed by atoms with Gasteiger partial charge in [-0.25, -0.2) is 9.59 Å². The second kappa shape index (κ2) is 4.71. The van der Waals surface area contributed by atoms with Crippen molar-refractivity contribution in [2.75, 3.05) is 0 Å². The molecular weight excluding hydrogens is 224 g/mol. The van der Waals surface area contributed by atoms with Crippen molar-refractivity contribution in [1.82, 2.24) is 0 Å². The Morgan fingerprint density at radius 1 is 1.12 bits per heavy atom. The van der Waals surface area contributed by atoms with Crippen LogP contribution in [0.3, 0.4) is 0 Å². The molecule has 0 rings (SSSR count). The van der Waals surface area contributed by atoms with Crippen molar-refractivity contribution in [3.63, 3.8) is 0 Å². The Kier molecular flexibility index (Phi) is 4.13. The summed E-state index contributed by atoms with van der Waals surface area (Å²) in [6, 6.07) is 0. The molecule has 0 heterocycles. The van der Waals surface area contributed by atoms with E-state index >= 15 is 0 Å². The molecular formula is C8H10O8. The number of aliphatic carboxylic acids is 2. The number of hydrogen-bond acceptors (Lipinski definition) is 6. The lowest BCUT2D eigenvalue weighted by Gasteiger charge is -2.28. The van der Waals surface area contributed by atoms with Gasteiger partial charge in [-0.3, -0.25) is 9.59 Å². The highest BCUT2D eigenvalue weighted by molar-refractivity contribution is 6.10. The minimum absolute atomic E-state index is 0.698. The van der Waals surface area contributed by atoms with Gasteiger partial charge in [0.25, 0.3) is 0 Å². The van der Waals surface area contributed by atoms with Gasteiger partial charge in [-0.1, -0.05) is 0 Å². The fourth-order valence-electron chi connectivity index (χ4n) is 1.03. The van der Waals surface area contributed by atoms with E-state index < -0.39 is 35.4 Å². The number of rotatable bonds is 5. The second-order valence-corrected chi connectivity index (χ2v) is 2.93. The summed E-state index contributed by atoms with van der Waals surface area (Å²) < 4.78 is 4.17. The summed E-state index contributed by atoms with van der Waals surface area (Å²) in [4.78, 5) is 43.1. The third-order valence-corrected chi connectivity index (χ3v) is 1.76. The molecule has 0 amide bonds. The highest BCUT2D eigenvalue weighted by Gasteiger charge is 2.57. The summed E-state index contributed by atoms with van der Waals surface area (Å²) in [5.41, 5.74) is -3.11. The first-order chi connectivity index (χ1) is 7.16. The summed E-state index contributed by atoms with van der Waals surface area (Å²) in [5.74, 6) is -6.54. The Hall–Kier alpha value is -1.96. The third-order valence-electron chi connectivity index (χ3n) is 1.76. The maximum atomic E-state index is 11.1. The SMILES string of the molecule is CC(=O)O[C@](C(C)=O)(C(=O)O)[C@H](O)C(=O)O. The van der Waals surface area contributed by atoms with E-state index in [9.17, 15) is 19.2 Å². The molecule has 8 heteroatoms. The van der Waals surface area contributed by atoms with Crippen LogP contribution in [0, 0.1) is 0 Å². The van der Waals surface area contributed by atoms with Gasteiger partial charge < -0.3 is 20.1 Å². The monoisotopic (exact) mass is 234 g/mol. The van der Waals surface area contributed by atoms with E-state index in [-0.39, 0.29) is 0 Å². The maximum absolute atomic E-state index is 11.1. The Morgan fingerprint density at radius 2 is 1.56 bits per heavy atom. The Bertz CT molecular complexity index is 330. The van der Waals surface area contributed by atoms with Crippen LogP contribution in [0.15, 0.2) is 0 Å². The Labute approximate surface area is 89.4 Å². The first-order valence-electron chi connectivity index (χ1n) is 4.01. The molecule has 0 aliphatic heterocycles. The predicted octanol–water partition coefficient (Wildman–Crippen LogP) is -1.59. The molecule has 8 nitrogen and oxygen atoms in total. The number of aliphatic hydroxyl groups is 1. The van der Waals surface area contributed by atoms with Crippen LogP contribution in [-0.2, 0) is 23.9 Å². The van der Waals surface area contributed by atoms with E-state index in [1.54, 1.807) is 0 Å². The predicted molar refractivity (Wildman–Crippen MR) is 46.5 cm³/mol. The van der Waals surface area contributed by atoms with Gasteiger partial charge in [0.2, 0.25) is 6.10 Å². The van der Waals surface area contributed by atoms with E-state index in [4.69, 9.17) is 15.3 Å². The summed E-state index contributed by atoms with van der Waals surface area (Å²) in [6.45, 7) is 1.48. The number of carbonyl (C=O) groups is 4. The molecule has 0 bridgehead atoms. The van der Waals surface area contributed by atoms with Crippen molar-refractivity contribution in [2.24, 2.45) is 0 Å². The molecule has 90 valence electrons. The lowest BCUT2D eigenvalue weighted by Crippen LogP contribution is -2.60. The van der Waals surface area contributed by atoms with Gasteiger partial charge in [0, 0.05) is 6.92 Å². The average Bonchev–Trinajstić information content (AvgIpc) is 2.11. The fourth-order valence-corrected chi connectivity index (χ4v) is 1.03. The molecule has 0 radical (unpaired) electrons. The topological polar surface area (TPSA) is 138 Å². The number of carbonyl (C=O) groups excluding carboxylic acids is 2. The van der Waals surface area contributed by atoms with E-state index in [2.05, 4.69) is 4.74 Å². The molecule has 0 aliphatic carbocycles. The van der Waals surface area contributed by atoms with Crippen LogP contribution in [0.5, 0.6) is 0 Å². The molecule has 0 spiro atoms. The molecule has 0 aromatic rings. The molecule has 2 atom stereocenters. The summed E-state index contributed by atoms with van der Waals surface area (Å²) in [6.07, 6.45) is -2.67. The zero-order chi connectivity index (χ0) is 13.1. The first-order valence-corrected chi connectivity index (χ1v) is 4.01. The molecule has 0 aliphatic rings. The normalized spacial score (nSPS) is 15.7. The number of esters is 1. The summed E-state index contributed by atoms with van der Waals surface area (Å²) in [5, 5.41) is 26.4. The summed E-state index contributed by atoms with van der Waals surface area (Å²) in [7, 11) is 0. The lowest BCUT2D eigenvalue weighted by atomic mass is 9.92. The highest BCUT2D eigenvalue weighted by atomic mass is 16.6. The largest absolute Gasteiger partial charge is 0.479 e. The van der Waals surface area contributed by atoms with Crippen molar-refractivity contribution in [1.29, 1.82) is 0 Å². The fraction of sp³-hybridized carbons (Fsp3) is 0.500. The number of ketones is 1. The zero-order valence-corrected chi connectivity index (χ0v) is 8.46. The standard InChI is InChI=1S/C8H10O8/c1-3(9)8(7(14)15,16-4(2)10)5(11)6(12)13/h5,11H,1-2H3,(H,12,13)(H,14,15)/t5-,8+/m1/s1. The molecule has 0 saturated carbocycles. The van der Waals surface area contributed by atoms with Crippen molar-refractivity contribution in [3.8, 4) is 0 Å². The minimum Gasteiger partial charge on any atom is -0.479 e. The molecule has 3 N–H and O–H groups in total. The molecule has 0 unspecified atom stereocenters. The van der Waals surface area contributed by atoms with Crippen LogP contribution in [-0.4, -0.2) is 50.7 Å². The van der Waals surface area contributed by atoms with Crippen molar-refractivity contribution < 1.29 is 39.2 Å². The molecule has 0 saturated heterocycles. The Morgan fingerprint density at radius 3 is 1.75 bits per heavy atom. The van der Waals surface area contributed by atoms with Crippen molar-refractivity contribution >= 4 is 23.7 Å². The van der Waals surface area contributed by atoms with Crippen LogP contribution in [0.2, 0.25) is 0 Å². The molecule has 0 fully saturated rings. The van der Waals surface area contributed by atoms with Crippen LogP contribution < -0.4 is 0 Å². The third kappa shape index (κ3) is 2.34. The van der Waals surface area contributed by atoms with E-state index in [0.717, 1.165) is 6.92 Å². The molecule has 0 aromatic heterocycles. The van der Waals surface area contributed by atoms with Crippen LogP contribution in [0.25, 0.3) is 0 Å². The number of carboxylic acid groups (broad SMARTS) is 2. The smallest absolute Gasteiger partial charge is 0.359 e. The minimum atomic E-state index is -3.11. The van der Waals surface area contributed by atoms with Gasteiger partial charge >= 0.3 is 23.5 Å². The highest BCUT2D eigenvalue weighted by Crippen LogP contribution is 2.19. The van der Waals surface area contributed by atoms with Gasteiger partial charge in [-0.05, 0) is 6.92 Å². The number of aliphatic hydroxyl groups excluding tert-OH is 1. The van der Waals surface area contributed by atoms with E-state index in [1.807, 2.05) is 0 Å². The number of hydrogen-bond donors (Lipinski definition) is 3. The van der Waals surface area contributed by atoms with Gasteiger partial charge in [0.1, 0.15) is 0 Å². The first kappa shape index (κ1) is 14.0. The quantitative estimate of drug-likeness (QED) is 0.382. The van der Waals surface area contributed by atoms with Gasteiger partial charge in [0.05, 0.1) is 0 Å². The zero-order valence-electron chi connectivity index (χ0n) is 8.46. The van der Waals surface area contributed by atoms with E-state index in [1.165, 1.54) is 0 Å². The average molecular weight is 234 g/mol. The number of Topliss-reactive ketones (excluding diaryl/α,β-unsaturated/α-hetero) is 1. The Balaban J connectivity index is 5.61. The van der Waals surface area contributed by atoms with Crippen LogP contribution >= 0.6 is 0 Å².